The van der Waals surface area contributed by atoms with Crippen molar-refractivity contribution >= 4 is 56.3 Å². The number of hydrogen-bond donors (Lipinski definition) is 3. The van der Waals surface area contributed by atoms with Crippen molar-refractivity contribution in [2.75, 3.05) is 17.2 Å². The average molecular weight is 431 g/mol. The van der Waals surface area contributed by atoms with Crippen molar-refractivity contribution in [1.29, 1.82) is 0 Å². The molecule has 0 aliphatic rings. The molecule has 0 atom stereocenters. The van der Waals surface area contributed by atoms with Crippen LogP contribution >= 0.6 is 22.7 Å². The van der Waals surface area contributed by atoms with Gasteiger partial charge >= 0.3 is 5.97 Å². The molecule has 0 saturated carbocycles. The molecule has 2 heterocycles. The number of carbonyl (C=O) groups is 3. The number of nitrogens with zero attached hydrogens (tertiary/aromatic N) is 1. The monoisotopic (exact) mass is 430 g/mol. The summed E-state index contributed by atoms with van der Waals surface area (Å²) in [6.07, 6.45) is 1.68. The Morgan fingerprint density at radius 3 is 2.72 bits per heavy atom. The van der Waals surface area contributed by atoms with E-state index < -0.39 is 17.8 Å². The van der Waals surface area contributed by atoms with Crippen LogP contribution in [0.1, 0.15) is 42.9 Å². The fourth-order valence-corrected chi connectivity index (χ4v) is 4.20. The average Bonchev–Trinajstić information content (AvgIpc) is 3.30. The fourth-order valence-electron chi connectivity index (χ4n) is 2.61. The molecule has 10 heteroatoms. The molecule has 0 aliphatic heterocycles. The number of carbonyl (C=O) groups excluding carboxylic acids is 3. The van der Waals surface area contributed by atoms with Gasteiger partial charge in [-0.2, -0.15) is 0 Å². The SMILES string of the molecule is CCOC(=O)c1c(NC(=O)c2cccc(Nc3nccs3)c2)sc(C(N)=O)c1C. The second-order valence-corrected chi connectivity index (χ2v) is 7.76. The summed E-state index contributed by atoms with van der Waals surface area (Å²) in [6, 6.07) is 6.84. The standard InChI is InChI=1S/C19H18N4O4S2/c1-3-27-18(26)13-10(2)14(15(20)24)29-17(13)23-16(25)11-5-4-6-12(9-11)22-19-21-7-8-28-19/h4-9H,3H2,1-2H3,(H2,20,24)(H,21,22)(H,23,25). The summed E-state index contributed by atoms with van der Waals surface area (Å²) in [4.78, 5) is 41.1. The number of amides is 2. The lowest BCUT2D eigenvalue weighted by atomic mass is 10.1. The van der Waals surface area contributed by atoms with E-state index >= 15 is 0 Å². The van der Waals surface area contributed by atoms with E-state index in [0.29, 0.717) is 21.9 Å². The number of nitrogens with two attached hydrogens (primary N) is 1. The molecule has 0 radical (unpaired) electrons. The summed E-state index contributed by atoms with van der Waals surface area (Å²) in [7, 11) is 0. The highest BCUT2D eigenvalue weighted by molar-refractivity contribution is 7.18. The lowest BCUT2D eigenvalue weighted by Gasteiger charge is -2.08. The molecule has 8 nitrogen and oxygen atoms in total. The number of benzene rings is 1. The van der Waals surface area contributed by atoms with Crippen LogP contribution < -0.4 is 16.4 Å². The van der Waals surface area contributed by atoms with Gasteiger partial charge < -0.3 is 21.1 Å². The van der Waals surface area contributed by atoms with E-state index in [-0.39, 0.29) is 22.0 Å². The van der Waals surface area contributed by atoms with E-state index in [9.17, 15) is 14.4 Å². The maximum atomic E-state index is 12.8. The lowest BCUT2D eigenvalue weighted by Crippen LogP contribution is -2.15. The molecule has 4 N–H and O–H groups in total. The Kier molecular flexibility index (Phi) is 6.25. The van der Waals surface area contributed by atoms with Crippen molar-refractivity contribution in [3.63, 3.8) is 0 Å². The number of thiazole rings is 1. The van der Waals surface area contributed by atoms with Crippen molar-refractivity contribution in [3.8, 4) is 0 Å². The number of esters is 1. The summed E-state index contributed by atoms with van der Waals surface area (Å²) >= 11 is 2.38. The van der Waals surface area contributed by atoms with Gasteiger partial charge in [0.05, 0.1) is 17.0 Å². The van der Waals surface area contributed by atoms with Crippen LogP contribution in [-0.4, -0.2) is 29.4 Å². The summed E-state index contributed by atoms with van der Waals surface area (Å²) < 4.78 is 5.06. The van der Waals surface area contributed by atoms with Gasteiger partial charge in [-0.15, -0.1) is 22.7 Å². The third-order valence-electron chi connectivity index (χ3n) is 3.89. The number of anilines is 3. The zero-order valence-electron chi connectivity index (χ0n) is 15.6. The first-order chi connectivity index (χ1) is 13.9. The lowest BCUT2D eigenvalue weighted by molar-refractivity contribution is 0.0527. The topological polar surface area (TPSA) is 123 Å². The third kappa shape index (κ3) is 4.61. The molecule has 0 bridgehead atoms. The van der Waals surface area contributed by atoms with Crippen molar-refractivity contribution in [1.82, 2.24) is 4.98 Å². The van der Waals surface area contributed by atoms with Gasteiger partial charge in [-0.1, -0.05) is 6.07 Å². The van der Waals surface area contributed by atoms with Crippen LogP contribution in [0.5, 0.6) is 0 Å². The Labute approximate surface area is 174 Å². The number of ether oxygens (including phenoxy) is 1. The van der Waals surface area contributed by atoms with Gasteiger partial charge in [-0.25, -0.2) is 9.78 Å². The highest BCUT2D eigenvalue weighted by Crippen LogP contribution is 2.34. The molecule has 3 aromatic rings. The van der Waals surface area contributed by atoms with Crippen LogP contribution in [0, 0.1) is 6.92 Å². The van der Waals surface area contributed by atoms with E-state index in [2.05, 4.69) is 15.6 Å². The number of nitrogens with one attached hydrogen (secondary N) is 2. The van der Waals surface area contributed by atoms with E-state index in [4.69, 9.17) is 10.5 Å². The van der Waals surface area contributed by atoms with E-state index in [1.54, 1.807) is 38.2 Å². The zero-order valence-corrected chi connectivity index (χ0v) is 17.3. The normalized spacial score (nSPS) is 10.4. The molecule has 0 aliphatic carbocycles. The van der Waals surface area contributed by atoms with E-state index in [0.717, 1.165) is 11.3 Å². The minimum absolute atomic E-state index is 0.135. The van der Waals surface area contributed by atoms with Gasteiger partial charge in [-0.3, -0.25) is 9.59 Å². The molecule has 0 spiro atoms. The smallest absolute Gasteiger partial charge is 0.341 e. The molecule has 1 aromatic carbocycles. The molecule has 3 rings (SSSR count). The van der Waals surface area contributed by atoms with Crippen LogP contribution in [0.2, 0.25) is 0 Å². The van der Waals surface area contributed by atoms with Crippen LogP contribution in [0.15, 0.2) is 35.8 Å². The quantitative estimate of drug-likeness (QED) is 0.490. The second-order valence-electron chi connectivity index (χ2n) is 5.84. The molecule has 150 valence electrons. The van der Waals surface area contributed by atoms with Crippen molar-refractivity contribution in [3.05, 3.63) is 57.4 Å². The summed E-state index contributed by atoms with van der Waals surface area (Å²) in [5.41, 5.74) is 6.97. The highest BCUT2D eigenvalue weighted by Gasteiger charge is 2.26. The Balaban J connectivity index is 1.87. The van der Waals surface area contributed by atoms with Gasteiger partial charge in [-0.05, 0) is 37.6 Å². The van der Waals surface area contributed by atoms with Crippen molar-refractivity contribution in [2.45, 2.75) is 13.8 Å². The maximum Gasteiger partial charge on any atom is 0.341 e. The minimum Gasteiger partial charge on any atom is -0.462 e. The number of hydrogen-bond acceptors (Lipinski definition) is 8. The van der Waals surface area contributed by atoms with Gasteiger partial charge in [0.2, 0.25) is 0 Å². The van der Waals surface area contributed by atoms with Gasteiger partial charge in [0.15, 0.2) is 5.13 Å². The number of thiophene rings is 1. The Bertz CT molecular complexity index is 1060. The van der Waals surface area contributed by atoms with Gasteiger partial charge in [0, 0.05) is 22.8 Å². The van der Waals surface area contributed by atoms with E-state index in [1.165, 1.54) is 11.3 Å². The second kappa shape index (κ2) is 8.84. The third-order valence-corrected chi connectivity index (χ3v) is 5.80. The molecule has 2 amide bonds. The highest BCUT2D eigenvalue weighted by atomic mass is 32.1. The maximum absolute atomic E-state index is 12.8. The summed E-state index contributed by atoms with van der Waals surface area (Å²) in [5, 5.41) is 8.57. The number of rotatable bonds is 7. The van der Waals surface area contributed by atoms with Crippen LogP contribution in [-0.2, 0) is 4.74 Å². The first-order valence-electron chi connectivity index (χ1n) is 8.59. The van der Waals surface area contributed by atoms with Crippen LogP contribution in [0.3, 0.4) is 0 Å². The van der Waals surface area contributed by atoms with Gasteiger partial charge in [0.25, 0.3) is 11.8 Å². The van der Waals surface area contributed by atoms with Crippen LogP contribution in [0.25, 0.3) is 0 Å². The molecular formula is C19H18N4O4S2. The summed E-state index contributed by atoms with van der Waals surface area (Å²) in [5.74, 6) is -1.73. The van der Waals surface area contributed by atoms with E-state index in [1.807, 2.05) is 11.4 Å². The predicted octanol–water partition coefficient (Wildman–Crippen LogP) is 3.78. The Morgan fingerprint density at radius 2 is 2.07 bits per heavy atom. The zero-order chi connectivity index (χ0) is 21.0. The molecule has 2 aromatic heterocycles. The largest absolute Gasteiger partial charge is 0.462 e. The molecule has 0 fully saturated rings. The Morgan fingerprint density at radius 1 is 1.28 bits per heavy atom. The van der Waals surface area contributed by atoms with Crippen molar-refractivity contribution < 1.29 is 19.1 Å². The molecule has 0 saturated heterocycles. The first-order valence-corrected chi connectivity index (χ1v) is 10.3. The predicted molar refractivity (Wildman–Crippen MR) is 113 cm³/mol. The minimum atomic E-state index is -0.673. The number of aromatic nitrogens is 1. The van der Waals surface area contributed by atoms with Gasteiger partial charge in [0.1, 0.15) is 5.00 Å². The summed E-state index contributed by atoms with van der Waals surface area (Å²) in [6.45, 7) is 3.43. The number of primary amides is 1. The van der Waals surface area contributed by atoms with Crippen LogP contribution in [0.4, 0.5) is 15.8 Å². The molecule has 29 heavy (non-hydrogen) atoms. The Hall–Kier alpha value is -3.24. The fraction of sp³-hybridized carbons (Fsp3) is 0.158. The first kappa shape index (κ1) is 20.5. The molecule has 0 unspecified atom stereocenters. The molecular weight excluding hydrogens is 412 g/mol. The van der Waals surface area contributed by atoms with Crippen molar-refractivity contribution in [2.24, 2.45) is 5.73 Å².